The predicted molar refractivity (Wildman–Crippen MR) is 43.6 cm³/mol. The summed E-state index contributed by atoms with van der Waals surface area (Å²) in [6, 6.07) is -0.383. The SMILES string of the molecule is CC(N)(N)N1C(=O)NCC1=NN. The highest BCUT2D eigenvalue weighted by atomic mass is 16.2. The number of rotatable bonds is 1. The lowest BCUT2D eigenvalue weighted by Gasteiger charge is -2.29. The van der Waals surface area contributed by atoms with Crippen molar-refractivity contribution in [3.05, 3.63) is 0 Å². The van der Waals surface area contributed by atoms with E-state index in [4.69, 9.17) is 17.3 Å². The third-order valence-corrected chi connectivity index (χ3v) is 1.49. The summed E-state index contributed by atoms with van der Waals surface area (Å²) < 4.78 is 0. The fraction of sp³-hybridized carbons (Fsp3) is 0.600. The first-order chi connectivity index (χ1) is 5.46. The number of hydrogen-bond donors (Lipinski definition) is 4. The molecule has 0 unspecified atom stereocenters. The Balaban J connectivity index is 2.93. The molecule has 1 aliphatic heterocycles. The van der Waals surface area contributed by atoms with Crippen LogP contribution >= 0.6 is 0 Å². The van der Waals surface area contributed by atoms with E-state index < -0.39 is 5.79 Å². The van der Waals surface area contributed by atoms with Crippen molar-refractivity contribution in [3.63, 3.8) is 0 Å². The van der Waals surface area contributed by atoms with Gasteiger partial charge in [0.2, 0.25) is 0 Å². The Morgan fingerprint density at radius 3 is 2.58 bits per heavy atom. The Hall–Kier alpha value is -1.34. The Morgan fingerprint density at radius 1 is 1.67 bits per heavy atom. The van der Waals surface area contributed by atoms with Crippen LogP contribution in [0.3, 0.4) is 0 Å². The quantitative estimate of drug-likeness (QED) is 0.205. The van der Waals surface area contributed by atoms with Crippen molar-refractivity contribution < 1.29 is 4.79 Å². The second-order valence-electron chi connectivity index (χ2n) is 2.77. The van der Waals surface area contributed by atoms with Gasteiger partial charge < -0.3 is 11.2 Å². The van der Waals surface area contributed by atoms with Crippen LogP contribution in [0.5, 0.6) is 0 Å². The third kappa shape index (κ3) is 1.31. The van der Waals surface area contributed by atoms with Gasteiger partial charge in [0.1, 0.15) is 5.79 Å². The summed E-state index contributed by atoms with van der Waals surface area (Å²) in [6.45, 7) is 1.75. The maximum absolute atomic E-state index is 11.1. The van der Waals surface area contributed by atoms with Crippen LogP contribution in [0.4, 0.5) is 4.79 Å². The van der Waals surface area contributed by atoms with Crippen LogP contribution in [0.25, 0.3) is 0 Å². The monoisotopic (exact) mass is 172 g/mol. The molecule has 7 heteroatoms. The molecule has 0 aromatic heterocycles. The van der Waals surface area contributed by atoms with Crippen molar-refractivity contribution in [2.75, 3.05) is 6.54 Å². The number of carbonyl (C=O) groups is 1. The molecule has 2 amide bonds. The fourth-order valence-corrected chi connectivity index (χ4v) is 1.03. The van der Waals surface area contributed by atoms with Gasteiger partial charge in [0.25, 0.3) is 0 Å². The van der Waals surface area contributed by atoms with Crippen molar-refractivity contribution in [2.45, 2.75) is 12.7 Å². The van der Waals surface area contributed by atoms with E-state index in [1.54, 1.807) is 0 Å². The van der Waals surface area contributed by atoms with Gasteiger partial charge >= 0.3 is 6.03 Å². The molecule has 0 aromatic carbocycles. The van der Waals surface area contributed by atoms with Crippen molar-refractivity contribution in [1.29, 1.82) is 0 Å². The topological polar surface area (TPSA) is 123 Å². The molecular formula is C5H12N6O. The summed E-state index contributed by atoms with van der Waals surface area (Å²) in [5.41, 5.74) is 11.0. The van der Waals surface area contributed by atoms with E-state index in [1.807, 2.05) is 0 Å². The Morgan fingerprint density at radius 2 is 2.25 bits per heavy atom. The first-order valence-corrected chi connectivity index (χ1v) is 3.39. The number of nitrogens with two attached hydrogens (primary N) is 3. The zero-order chi connectivity index (χ0) is 9.35. The number of carbonyl (C=O) groups excluding carboxylic acids is 1. The lowest BCUT2D eigenvalue weighted by atomic mass is 10.3. The normalized spacial score (nSPS) is 21.8. The van der Waals surface area contributed by atoms with Gasteiger partial charge in [-0.25, -0.2) is 9.69 Å². The average Bonchev–Trinajstić information content (AvgIpc) is 2.29. The maximum Gasteiger partial charge on any atom is 0.325 e. The van der Waals surface area contributed by atoms with Crippen LogP contribution in [0.2, 0.25) is 0 Å². The molecule has 1 saturated heterocycles. The molecule has 1 rings (SSSR count). The van der Waals surface area contributed by atoms with Crippen molar-refractivity contribution >= 4 is 11.9 Å². The molecule has 0 saturated carbocycles. The summed E-state index contributed by atoms with van der Waals surface area (Å²) in [7, 11) is 0. The molecule has 7 N–H and O–H groups in total. The van der Waals surface area contributed by atoms with E-state index in [0.717, 1.165) is 4.90 Å². The smallest absolute Gasteiger partial charge is 0.325 e. The van der Waals surface area contributed by atoms with Crippen LogP contribution in [0.15, 0.2) is 5.10 Å². The molecule has 0 spiro atoms. The van der Waals surface area contributed by atoms with E-state index in [-0.39, 0.29) is 12.6 Å². The van der Waals surface area contributed by atoms with Gasteiger partial charge in [0.15, 0.2) is 5.84 Å². The molecule has 12 heavy (non-hydrogen) atoms. The van der Waals surface area contributed by atoms with Crippen LogP contribution in [0, 0.1) is 0 Å². The van der Waals surface area contributed by atoms with Crippen LogP contribution in [-0.2, 0) is 0 Å². The van der Waals surface area contributed by atoms with Gasteiger partial charge in [-0.3, -0.25) is 11.5 Å². The zero-order valence-electron chi connectivity index (χ0n) is 6.74. The van der Waals surface area contributed by atoms with Gasteiger partial charge in [-0.1, -0.05) is 0 Å². The lowest BCUT2D eigenvalue weighted by molar-refractivity contribution is 0.191. The largest absolute Gasteiger partial charge is 0.330 e. The Kier molecular flexibility index (Phi) is 1.90. The Bertz CT molecular complexity index is 229. The minimum absolute atomic E-state index is 0.263. The second-order valence-corrected chi connectivity index (χ2v) is 2.77. The zero-order valence-corrected chi connectivity index (χ0v) is 6.74. The molecule has 1 fully saturated rings. The molecule has 68 valence electrons. The second kappa shape index (κ2) is 2.61. The molecule has 0 bridgehead atoms. The predicted octanol–water partition coefficient (Wildman–Crippen LogP) is -2.13. The highest BCUT2D eigenvalue weighted by molar-refractivity contribution is 6.05. The standard InChI is InChI=1S/C5H12N6O/c1-5(6,7)11-3(10-8)2-9-4(11)12/h2,6-8H2,1H3,(H,9,12). The lowest BCUT2D eigenvalue weighted by Crippen LogP contribution is -2.63. The van der Waals surface area contributed by atoms with Gasteiger partial charge in [-0.05, 0) is 6.92 Å². The molecule has 1 heterocycles. The first kappa shape index (κ1) is 8.75. The minimum atomic E-state index is -1.27. The molecule has 0 aliphatic carbocycles. The molecule has 0 aromatic rings. The number of amidine groups is 1. The summed E-state index contributed by atoms with van der Waals surface area (Å²) >= 11 is 0. The van der Waals surface area contributed by atoms with E-state index in [1.165, 1.54) is 6.92 Å². The average molecular weight is 172 g/mol. The van der Waals surface area contributed by atoms with E-state index in [0.29, 0.717) is 5.84 Å². The molecule has 1 aliphatic rings. The van der Waals surface area contributed by atoms with Crippen LogP contribution in [0.1, 0.15) is 6.92 Å². The summed E-state index contributed by atoms with van der Waals surface area (Å²) in [5, 5.41) is 5.88. The molecule has 7 nitrogen and oxygen atoms in total. The maximum atomic E-state index is 11.1. The van der Waals surface area contributed by atoms with E-state index in [9.17, 15) is 4.79 Å². The van der Waals surface area contributed by atoms with Gasteiger partial charge in [0.05, 0.1) is 6.54 Å². The summed E-state index contributed by atoms with van der Waals surface area (Å²) in [5.74, 6) is 4.10. The van der Waals surface area contributed by atoms with E-state index in [2.05, 4.69) is 10.4 Å². The number of hydrazone groups is 1. The van der Waals surface area contributed by atoms with Crippen LogP contribution < -0.4 is 22.6 Å². The number of amides is 2. The van der Waals surface area contributed by atoms with Crippen molar-refractivity contribution in [2.24, 2.45) is 22.4 Å². The van der Waals surface area contributed by atoms with Crippen LogP contribution in [-0.4, -0.2) is 29.1 Å². The van der Waals surface area contributed by atoms with Gasteiger partial charge in [-0.2, -0.15) is 5.10 Å². The Labute approximate surface area is 69.5 Å². The van der Waals surface area contributed by atoms with Crippen molar-refractivity contribution in [3.8, 4) is 0 Å². The first-order valence-electron chi connectivity index (χ1n) is 3.39. The molecule has 0 atom stereocenters. The number of hydrogen-bond acceptors (Lipinski definition) is 5. The van der Waals surface area contributed by atoms with Gasteiger partial charge in [-0.15, -0.1) is 0 Å². The van der Waals surface area contributed by atoms with E-state index >= 15 is 0 Å². The molecule has 0 radical (unpaired) electrons. The minimum Gasteiger partial charge on any atom is -0.330 e. The number of nitrogens with zero attached hydrogens (tertiary/aromatic N) is 2. The highest BCUT2D eigenvalue weighted by Crippen LogP contribution is 2.07. The third-order valence-electron chi connectivity index (χ3n) is 1.49. The molecular weight excluding hydrogens is 160 g/mol. The summed E-state index contributed by atoms with van der Waals surface area (Å²) in [6.07, 6.45) is 0. The highest BCUT2D eigenvalue weighted by Gasteiger charge is 2.36. The van der Waals surface area contributed by atoms with Gasteiger partial charge in [0, 0.05) is 0 Å². The fourth-order valence-electron chi connectivity index (χ4n) is 1.03. The summed E-state index contributed by atoms with van der Waals surface area (Å²) in [4.78, 5) is 12.2. The van der Waals surface area contributed by atoms with Crippen molar-refractivity contribution in [1.82, 2.24) is 10.2 Å². The number of nitrogens with one attached hydrogen (secondary N) is 1. The number of urea groups is 1.